The van der Waals surface area contributed by atoms with Gasteiger partial charge in [-0.2, -0.15) is 0 Å². The molecule has 0 amide bonds. The van der Waals surface area contributed by atoms with E-state index in [1.165, 1.54) is 27.7 Å². The smallest absolute Gasteiger partial charge is 0.303 e. The lowest BCUT2D eigenvalue weighted by atomic mass is 9.36. The summed E-state index contributed by atoms with van der Waals surface area (Å²) in [5.41, 5.74) is -2.14. The molecule has 1 aromatic rings. The van der Waals surface area contributed by atoms with E-state index in [2.05, 4.69) is 6.92 Å². The summed E-state index contributed by atoms with van der Waals surface area (Å²) in [5, 5.41) is 13.5. The quantitative estimate of drug-likeness (QED) is 0.204. The minimum absolute atomic E-state index is 0.0696. The second-order valence-electron chi connectivity index (χ2n) is 14.8. The predicted molar refractivity (Wildman–Crippen MR) is 176 cm³/mol. The second-order valence-corrected chi connectivity index (χ2v) is 15.2. The Kier molecular flexibility index (Phi) is 10.1. The van der Waals surface area contributed by atoms with Crippen molar-refractivity contribution < 1.29 is 48.0 Å². The number of halogens is 1. The van der Waals surface area contributed by atoms with E-state index in [1.54, 1.807) is 0 Å². The third kappa shape index (κ3) is 6.06. The van der Waals surface area contributed by atoms with E-state index in [4.69, 9.17) is 35.3 Å². The molecule has 1 N–H and O–H groups in total. The molecule has 264 valence electrons. The largest absolute Gasteiger partial charge is 0.466 e. The summed E-state index contributed by atoms with van der Waals surface area (Å²) in [4.78, 5) is 50.4. The highest BCUT2D eigenvalue weighted by atomic mass is 35.5. The third-order valence-corrected chi connectivity index (χ3v) is 12.6. The average molecular weight is 689 g/mol. The van der Waals surface area contributed by atoms with Crippen LogP contribution in [-0.2, 0) is 49.3 Å². The SMILES string of the molecule is CC(=O)OCC[C@]12COC[C@H]1[C@]1(C)CC[C@@H]3[C@@](C)(C1[C@H](OC(C)=O)[C@@H]2OC(C)=O)[C@H](OC(C)=O)C=C(C)[C@]3(O)CCc1ccccc1Cl. The lowest BCUT2D eigenvalue weighted by Crippen LogP contribution is -2.74. The molecular weight excluding hydrogens is 640 g/mol. The number of carbonyl (C=O) groups is 4. The first kappa shape index (κ1) is 36.3. The van der Waals surface area contributed by atoms with Gasteiger partial charge in [0.15, 0.2) is 0 Å². The van der Waals surface area contributed by atoms with Crippen molar-refractivity contribution in [3.8, 4) is 0 Å². The summed E-state index contributed by atoms with van der Waals surface area (Å²) in [5.74, 6) is -3.21. The van der Waals surface area contributed by atoms with E-state index in [9.17, 15) is 24.3 Å². The maximum Gasteiger partial charge on any atom is 0.303 e. The van der Waals surface area contributed by atoms with Crippen molar-refractivity contribution in [1.82, 2.24) is 0 Å². The van der Waals surface area contributed by atoms with Gasteiger partial charge in [0, 0.05) is 55.4 Å². The zero-order valence-corrected chi connectivity index (χ0v) is 29.8. The van der Waals surface area contributed by atoms with Gasteiger partial charge in [0.1, 0.15) is 18.3 Å². The highest BCUT2D eigenvalue weighted by Crippen LogP contribution is 2.72. The minimum atomic E-state index is -1.32. The third-order valence-electron chi connectivity index (χ3n) is 12.2. The number of fused-ring (bicyclic) bond motifs is 5. The van der Waals surface area contributed by atoms with Crippen molar-refractivity contribution in [2.24, 2.45) is 34.0 Å². The van der Waals surface area contributed by atoms with E-state index in [0.717, 1.165) is 5.56 Å². The van der Waals surface area contributed by atoms with Gasteiger partial charge in [-0.3, -0.25) is 19.2 Å². The molecule has 5 rings (SSSR count). The number of esters is 4. The molecule has 0 aromatic heterocycles. The molecule has 1 saturated heterocycles. The molecule has 1 aromatic carbocycles. The number of hydrogen-bond donors (Lipinski definition) is 1. The molecule has 48 heavy (non-hydrogen) atoms. The number of ether oxygens (including phenoxy) is 5. The molecule has 0 bridgehead atoms. The fourth-order valence-corrected chi connectivity index (χ4v) is 10.6. The maximum atomic E-state index is 13.0. The van der Waals surface area contributed by atoms with Gasteiger partial charge in [-0.1, -0.05) is 43.6 Å². The van der Waals surface area contributed by atoms with Crippen molar-refractivity contribution >= 4 is 35.5 Å². The van der Waals surface area contributed by atoms with Crippen LogP contribution in [0.2, 0.25) is 5.02 Å². The summed E-state index contributed by atoms with van der Waals surface area (Å²) in [6.45, 7) is 12.0. The molecule has 11 heteroatoms. The average Bonchev–Trinajstić information content (AvgIpc) is 3.43. The van der Waals surface area contributed by atoms with Crippen LogP contribution in [-0.4, -0.2) is 72.7 Å². The Hall–Kier alpha value is -2.95. The fourth-order valence-electron chi connectivity index (χ4n) is 10.4. The van der Waals surface area contributed by atoms with Crippen molar-refractivity contribution in [2.45, 2.75) is 104 Å². The second kappa shape index (κ2) is 13.4. The number of aryl methyl sites for hydroxylation is 1. The first-order valence-corrected chi connectivity index (χ1v) is 17.3. The van der Waals surface area contributed by atoms with Gasteiger partial charge in [0.25, 0.3) is 0 Å². The Morgan fingerprint density at radius 3 is 2.23 bits per heavy atom. The summed E-state index contributed by atoms with van der Waals surface area (Å²) in [6, 6.07) is 7.56. The Balaban J connectivity index is 1.69. The van der Waals surface area contributed by atoms with E-state index >= 15 is 0 Å². The van der Waals surface area contributed by atoms with Crippen LogP contribution >= 0.6 is 11.6 Å². The number of benzene rings is 1. The van der Waals surface area contributed by atoms with Crippen LogP contribution < -0.4 is 0 Å². The van der Waals surface area contributed by atoms with Gasteiger partial charge >= 0.3 is 23.9 Å². The van der Waals surface area contributed by atoms with E-state index in [0.29, 0.717) is 49.3 Å². The van der Waals surface area contributed by atoms with Crippen LogP contribution in [0.4, 0.5) is 0 Å². The number of aliphatic hydroxyl groups is 1. The fraction of sp³-hybridized carbons (Fsp3) is 0.676. The van der Waals surface area contributed by atoms with Crippen LogP contribution in [0, 0.1) is 34.0 Å². The monoisotopic (exact) mass is 688 g/mol. The van der Waals surface area contributed by atoms with Crippen LogP contribution in [0.25, 0.3) is 0 Å². The highest BCUT2D eigenvalue weighted by molar-refractivity contribution is 6.31. The van der Waals surface area contributed by atoms with Gasteiger partial charge in [0.05, 0.1) is 25.4 Å². The van der Waals surface area contributed by atoms with E-state index in [-0.39, 0.29) is 19.1 Å². The first-order chi connectivity index (χ1) is 22.5. The molecule has 2 saturated carbocycles. The van der Waals surface area contributed by atoms with Crippen LogP contribution in [0.5, 0.6) is 0 Å². The maximum absolute atomic E-state index is 13.0. The molecule has 4 aliphatic rings. The Labute approximate surface area is 287 Å². The number of carbonyl (C=O) groups excluding carboxylic acids is 4. The standard InChI is InChI=1S/C37H49ClO10/c1-21-18-30(46-23(3)40)35(7)28(37(21,43)15-12-26-10-8-9-11-27(26)38)13-14-34(6)29-19-44-20-36(29,16-17-45-22(2)39)33(48-25(5)42)31(32(34)35)47-24(4)41/h8-11,18,28-33,43H,12-17,19-20H2,1-7H3/t28-,29+,30-,31+,32?,33+,34+,35-,36+,37-/m1/s1. The van der Waals surface area contributed by atoms with Crippen LogP contribution in [0.15, 0.2) is 35.9 Å². The molecule has 0 spiro atoms. The zero-order valence-electron chi connectivity index (χ0n) is 29.0. The van der Waals surface area contributed by atoms with Crippen molar-refractivity contribution in [3.63, 3.8) is 0 Å². The van der Waals surface area contributed by atoms with E-state index < -0.39 is 75.9 Å². The summed E-state index contributed by atoms with van der Waals surface area (Å²) in [7, 11) is 0. The molecule has 10 atom stereocenters. The Bertz CT molecular complexity index is 1480. The molecule has 0 radical (unpaired) electrons. The molecule has 3 aliphatic carbocycles. The van der Waals surface area contributed by atoms with Gasteiger partial charge in [-0.15, -0.1) is 0 Å². The van der Waals surface area contributed by atoms with Crippen LogP contribution in [0.3, 0.4) is 0 Å². The lowest BCUT2D eigenvalue weighted by Gasteiger charge is -2.70. The first-order valence-electron chi connectivity index (χ1n) is 16.9. The summed E-state index contributed by atoms with van der Waals surface area (Å²) < 4.78 is 30.2. The number of rotatable bonds is 9. The summed E-state index contributed by atoms with van der Waals surface area (Å²) in [6.07, 6.45) is 1.51. The normalized spacial score (nSPS) is 38.4. The van der Waals surface area contributed by atoms with Gasteiger partial charge in [-0.25, -0.2) is 0 Å². The van der Waals surface area contributed by atoms with Crippen molar-refractivity contribution in [1.29, 1.82) is 0 Å². The van der Waals surface area contributed by atoms with Gasteiger partial charge in [0.2, 0.25) is 0 Å². The predicted octanol–water partition coefficient (Wildman–Crippen LogP) is 5.40. The summed E-state index contributed by atoms with van der Waals surface area (Å²) >= 11 is 6.54. The Morgan fingerprint density at radius 1 is 0.938 bits per heavy atom. The molecule has 1 aliphatic heterocycles. The molecule has 1 unspecified atom stereocenters. The lowest BCUT2D eigenvalue weighted by molar-refractivity contribution is -0.287. The van der Waals surface area contributed by atoms with Crippen molar-refractivity contribution in [3.05, 3.63) is 46.5 Å². The molecular formula is C37H49ClO10. The van der Waals surface area contributed by atoms with E-state index in [1.807, 2.05) is 44.2 Å². The zero-order chi connectivity index (χ0) is 35.2. The minimum Gasteiger partial charge on any atom is -0.466 e. The number of hydrogen-bond acceptors (Lipinski definition) is 10. The van der Waals surface area contributed by atoms with Gasteiger partial charge < -0.3 is 28.8 Å². The van der Waals surface area contributed by atoms with Crippen molar-refractivity contribution in [2.75, 3.05) is 19.8 Å². The molecule has 3 fully saturated rings. The molecule has 1 heterocycles. The van der Waals surface area contributed by atoms with Crippen LogP contribution in [0.1, 0.15) is 79.7 Å². The molecule has 10 nitrogen and oxygen atoms in total. The Morgan fingerprint density at radius 2 is 1.60 bits per heavy atom. The topological polar surface area (TPSA) is 135 Å². The van der Waals surface area contributed by atoms with Gasteiger partial charge in [-0.05, 0) is 73.6 Å². The highest BCUT2D eigenvalue weighted by Gasteiger charge is 2.76.